The van der Waals surface area contributed by atoms with Gasteiger partial charge in [0.2, 0.25) is 12.3 Å². The summed E-state index contributed by atoms with van der Waals surface area (Å²) in [5, 5.41) is 0. The van der Waals surface area contributed by atoms with Gasteiger partial charge in [0.05, 0.1) is 12.6 Å². The molecule has 0 radical (unpaired) electrons. The Labute approximate surface area is 160 Å². The molecular formula is C18H30N4O5. The van der Waals surface area contributed by atoms with E-state index in [4.69, 9.17) is 20.1 Å². The van der Waals surface area contributed by atoms with Crippen molar-refractivity contribution in [1.82, 2.24) is 10.4 Å². The maximum absolute atomic E-state index is 12.1. The van der Waals surface area contributed by atoms with Gasteiger partial charge in [0.1, 0.15) is 5.60 Å². The number of amides is 3. The highest BCUT2D eigenvalue weighted by atomic mass is 16.6. The van der Waals surface area contributed by atoms with Crippen LogP contribution in [0, 0.1) is 12.8 Å². The molecule has 0 saturated carbocycles. The van der Waals surface area contributed by atoms with Crippen LogP contribution >= 0.6 is 0 Å². The number of nitrogens with two attached hydrogens (primary N) is 2. The first-order valence-corrected chi connectivity index (χ1v) is 8.06. The van der Waals surface area contributed by atoms with Crippen molar-refractivity contribution in [3.05, 3.63) is 24.3 Å². The molecule has 1 heterocycles. The van der Waals surface area contributed by atoms with E-state index in [1.165, 1.54) is 0 Å². The normalized spacial score (nSPS) is 15.7. The molecule has 1 aliphatic heterocycles. The lowest BCUT2D eigenvalue weighted by atomic mass is 10.00. The van der Waals surface area contributed by atoms with E-state index in [1.54, 1.807) is 17.1 Å². The Morgan fingerprint density at radius 2 is 2.00 bits per heavy atom. The van der Waals surface area contributed by atoms with E-state index in [-0.39, 0.29) is 18.9 Å². The monoisotopic (exact) mass is 382 g/mol. The predicted molar refractivity (Wildman–Crippen MR) is 103 cm³/mol. The number of hydroxylamine groups is 1. The lowest BCUT2D eigenvalue weighted by Crippen LogP contribution is -2.49. The van der Waals surface area contributed by atoms with Crippen molar-refractivity contribution in [2.75, 3.05) is 19.7 Å². The summed E-state index contributed by atoms with van der Waals surface area (Å²) in [6.45, 7) is 10.0. The van der Waals surface area contributed by atoms with E-state index in [0.717, 1.165) is 5.57 Å². The van der Waals surface area contributed by atoms with Crippen LogP contribution in [0.3, 0.4) is 0 Å². The fourth-order valence-electron chi connectivity index (χ4n) is 1.97. The van der Waals surface area contributed by atoms with Gasteiger partial charge in [0.15, 0.2) is 0 Å². The molecule has 0 unspecified atom stereocenters. The minimum absolute atomic E-state index is 0.122. The van der Waals surface area contributed by atoms with Gasteiger partial charge in [-0.15, -0.1) is 19.4 Å². The van der Waals surface area contributed by atoms with E-state index in [1.807, 2.05) is 20.8 Å². The van der Waals surface area contributed by atoms with Crippen molar-refractivity contribution < 1.29 is 24.0 Å². The summed E-state index contributed by atoms with van der Waals surface area (Å²) in [4.78, 5) is 38.6. The van der Waals surface area contributed by atoms with Gasteiger partial charge in [-0.3, -0.25) is 14.4 Å². The van der Waals surface area contributed by atoms with Crippen LogP contribution in [0.15, 0.2) is 24.3 Å². The van der Waals surface area contributed by atoms with Crippen molar-refractivity contribution in [1.29, 1.82) is 0 Å². The minimum atomic E-state index is -0.559. The zero-order chi connectivity index (χ0) is 21.5. The molecular weight excluding hydrogens is 352 g/mol. The first-order chi connectivity index (χ1) is 12.6. The van der Waals surface area contributed by atoms with Crippen LogP contribution in [-0.2, 0) is 19.2 Å². The molecule has 0 aromatic heterocycles. The molecule has 9 heteroatoms. The number of carbonyl (C=O) groups is 3. The number of primary amides is 2. The van der Waals surface area contributed by atoms with Crippen LogP contribution < -0.4 is 16.9 Å². The summed E-state index contributed by atoms with van der Waals surface area (Å²) in [7, 11) is 0. The second-order valence-corrected chi connectivity index (χ2v) is 6.21. The molecule has 0 aromatic carbocycles. The van der Waals surface area contributed by atoms with E-state index >= 15 is 0 Å². The molecule has 3 amide bonds. The van der Waals surface area contributed by atoms with E-state index in [2.05, 4.69) is 30.6 Å². The molecule has 27 heavy (non-hydrogen) atoms. The number of ether oxygens (including phenoxy) is 1. The van der Waals surface area contributed by atoms with Gasteiger partial charge in [-0.05, 0) is 26.3 Å². The summed E-state index contributed by atoms with van der Waals surface area (Å²) >= 11 is 0. The van der Waals surface area contributed by atoms with Crippen LogP contribution in [-0.4, -0.2) is 54.6 Å². The third kappa shape index (κ3) is 13.1. The SMILES string of the molecule is C#C.C=CCON[C@H]1CN(C(=O)OC(C)(C)C)CC=C1CC(N)=O.NC=O. The molecule has 0 aromatic rings. The standard InChI is InChI=1S/C15H25N3O4.C2H2.CH3NO/c1-5-8-21-17-12-10-18(14(20)22-15(2,3)4)7-6-11(12)9-13(16)19;1-2;2-1-3/h5-6,12,17H,1,7-10H2,2-4H3,(H2,16,19);1-2H;1H,(H2,2,3)/t12-;;/m0../s1. The van der Waals surface area contributed by atoms with Gasteiger partial charge >= 0.3 is 6.09 Å². The van der Waals surface area contributed by atoms with Crippen molar-refractivity contribution in [2.45, 2.75) is 38.8 Å². The molecule has 1 aliphatic rings. The van der Waals surface area contributed by atoms with Crippen molar-refractivity contribution in [3.8, 4) is 12.8 Å². The van der Waals surface area contributed by atoms with Gasteiger partial charge < -0.3 is 21.1 Å². The van der Waals surface area contributed by atoms with Gasteiger partial charge in [-0.2, -0.15) is 5.48 Å². The third-order valence-electron chi connectivity index (χ3n) is 2.88. The van der Waals surface area contributed by atoms with Crippen LogP contribution in [0.4, 0.5) is 4.79 Å². The zero-order valence-corrected chi connectivity index (χ0v) is 16.1. The molecule has 0 saturated heterocycles. The Morgan fingerprint density at radius 1 is 1.44 bits per heavy atom. The quantitative estimate of drug-likeness (QED) is 0.201. The predicted octanol–water partition coefficient (Wildman–Crippen LogP) is 0.466. The Kier molecular flexibility index (Phi) is 14.0. The Balaban J connectivity index is 0. The lowest BCUT2D eigenvalue weighted by molar-refractivity contribution is -0.117. The summed E-state index contributed by atoms with van der Waals surface area (Å²) < 4.78 is 5.35. The average Bonchev–Trinajstić information content (AvgIpc) is 2.57. The van der Waals surface area contributed by atoms with Crippen LogP contribution in [0.5, 0.6) is 0 Å². The van der Waals surface area contributed by atoms with E-state index in [9.17, 15) is 9.59 Å². The topological polar surface area (TPSA) is 137 Å². The number of carbonyl (C=O) groups excluding carboxylic acids is 3. The highest BCUT2D eigenvalue weighted by Gasteiger charge is 2.29. The lowest BCUT2D eigenvalue weighted by Gasteiger charge is -2.34. The Bertz CT molecular complexity index is 538. The van der Waals surface area contributed by atoms with Gasteiger partial charge in [-0.1, -0.05) is 12.2 Å². The number of hydrogen-bond donors (Lipinski definition) is 3. The second kappa shape index (κ2) is 14.4. The molecule has 5 N–H and O–H groups in total. The smallest absolute Gasteiger partial charge is 0.410 e. The molecule has 0 bridgehead atoms. The number of terminal acetylenes is 1. The molecule has 152 valence electrons. The highest BCUT2D eigenvalue weighted by molar-refractivity contribution is 5.77. The van der Waals surface area contributed by atoms with E-state index < -0.39 is 17.6 Å². The fourth-order valence-corrected chi connectivity index (χ4v) is 1.97. The Morgan fingerprint density at radius 3 is 2.44 bits per heavy atom. The molecule has 0 aliphatic carbocycles. The molecule has 9 nitrogen and oxygen atoms in total. The third-order valence-corrected chi connectivity index (χ3v) is 2.88. The number of nitrogens with zero attached hydrogens (tertiary/aromatic N) is 1. The van der Waals surface area contributed by atoms with Gasteiger partial charge in [0.25, 0.3) is 0 Å². The van der Waals surface area contributed by atoms with Crippen molar-refractivity contribution >= 4 is 18.4 Å². The van der Waals surface area contributed by atoms with Crippen molar-refractivity contribution in [2.24, 2.45) is 11.5 Å². The largest absolute Gasteiger partial charge is 0.444 e. The second-order valence-electron chi connectivity index (χ2n) is 6.21. The van der Waals surface area contributed by atoms with Crippen LogP contribution in [0.25, 0.3) is 0 Å². The maximum Gasteiger partial charge on any atom is 0.410 e. The maximum atomic E-state index is 12.1. The van der Waals surface area contributed by atoms with E-state index in [0.29, 0.717) is 19.7 Å². The first kappa shape index (κ1) is 26.4. The van der Waals surface area contributed by atoms with Crippen molar-refractivity contribution in [3.63, 3.8) is 0 Å². The average molecular weight is 382 g/mol. The number of hydrogen-bond acceptors (Lipinski definition) is 6. The Hall–Kier alpha value is -2.83. The zero-order valence-electron chi connectivity index (χ0n) is 16.1. The number of rotatable bonds is 6. The minimum Gasteiger partial charge on any atom is -0.444 e. The molecule has 1 rings (SSSR count). The molecule has 0 spiro atoms. The summed E-state index contributed by atoms with van der Waals surface area (Å²) in [5.74, 6) is -0.424. The highest BCUT2D eigenvalue weighted by Crippen LogP contribution is 2.18. The molecule has 0 fully saturated rings. The first-order valence-electron chi connectivity index (χ1n) is 8.06. The van der Waals surface area contributed by atoms with Gasteiger partial charge in [0, 0.05) is 19.5 Å². The van der Waals surface area contributed by atoms with Crippen LogP contribution in [0.1, 0.15) is 27.2 Å². The fraction of sp³-hybridized carbons (Fsp3) is 0.500. The van der Waals surface area contributed by atoms with Crippen LogP contribution in [0.2, 0.25) is 0 Å². The summed E-state index contributed by atoms with van der Waals surface area (Å²) in [5.41, 5.74) is 12.5. The summed E-state index contributed by atoms with van der Waals surface area (Å²) in [6, 6.07) is -0.311. The van der Waals surface area contributed by atoms with Gasteiger partial charge in [-0.25, -0.2) is 4.79 Å². The summed E-state index contributed by atoms with van der Waals surface area (Å²) in [6.07, 6.45) is 11.4. The molecule has 1 atom stereocenters. The number of nitrogens with one attached hydrogen (secondary N) is 1.